The predicted octanol–water partition coefficient (Wildman–Crippen LogP) is 2.98. The number of morpholine rings is 1. The molecule has 0 aromatic heterocycles. The van der Waals surface area contributed by atoms with E-state index in [1.54, 1.807) is 7.05 Å². The van der Waals surface area contributed by atoms with E-state index in [2.05, 4.69) is 49.7 Å². The monoisotopic (exact) mass is 569 g/mol. The molecule has 2 saturated heterocycles. The van der Waals surface area contributed by atoms with Crippen molar-refractivity contribution in [2.24, 2.45) is 10.9 Å². The molecule has 2 heterocycles. The number of hydrogen-bond acceptors (Lipinski definition) is 4. The summed E-state index contributed by atoms with van der Waals surface area (Å²) in [6.45, 7) is 7.05. The molecule has 3 aliphatic rings. The maximum Gasteiger partial charge on any atom is 0.225 e. The molecule has 4 rings (SSSR count). The molecule has 2 aliphatic heterocycles. The minimum absolute atomic E-state index is 0. The summed E-state index contributed by atoms with van der Waals surface area (Å²) in [5, 5.41) is 6.95. The molecule has 1 unspecified atom stereocenters. The molecule has 8 heteroatoms. The minimum atomic E-state index is 0. The summed E-state index contributed by atoms with van der Waals surface area (Å²) in [4.78, 5) is 21.7. The molecule has 1 aromatic rings. The summed E-state index contributed by atoms with van der Waals surface area (Å²) >= 11 is 0. The van der Waals surface area contributed by atoms with Gasteiger partial charge in [0.2, 0.25) is 5.91 Å². The van der Waals surface area contributed by atoms with Gasteiger partial charge in [-0.3, -0.25) is 14.7 Å². The van der Waals surface area contributed by atoms with Crippen molar-refractivity contribution in [2.45, 2.75) is 57.7 Å². The van der Waals surface area contributed by atoms with Crippen LogP contribution in [0.2, 0.25) is 0 Å². The molecule has 1 atom stereocenters. The van der Waals surface area contributed by atoms with Gasteiger partial charge in [-0.1, -0.05) is 43.5 Å². The standard InChI is InChI=1S/C25H39N5O2.HI/c1-26-25(28-23-11-12-30(19-23)24(31)22-5-3-2-4-6-22)27-17-20-7-9-21(10-8-20)18-29-13-15-32-16-14-29;/h7-10,22-23H,2-6,11-19H2,1H3,(H2,26,27,28);1H. The fraction of sp³-hybridized carbons (Fsp3) is 0.680. The average molecular weight is 570 g/mol. The summed E-state index contributed by atoms with van der Waals surface area (Å²) in [6.07, 6.45) is 6.82. The number of nitrogens with one attached hydrogen (secondary N) is 2. The Bertz CT molecular complexity index is 761. The Hall–Kier alpha value is -1.39. The Labute approximate surface area is 215 Å². The van der Waals surface area contributed by atoms with Gasteiger partial charge in [-0.25, -0.2) is 0 Å². The quantitative estimate of drug-likeness (QED) is 0.314. The molecule has 3 fully saturated rings. The van der Waals surface area contributed by atoms with Crippen molar-refractivity contribution in [3.8, 4) is 0 Å². The first-order valence-electron chi connectivity index (χ1n) is 12.3. The lowest BCUT2D eigenvalue weighted by molar-refractivity contribution is -0.135. The van der Waals surface area contributed by atoms with Crippen LogP contribution in [0.15, 0.2) is 29.3 Å². The summed E-state index contributed by atoms with van der Waals surface area (Å²) < 4.78 is 5.43. The second-order valence-corrected chi connectivity index (χ2v) is 9.38. The van der Waals surface area contributed by atoms with E-state index in [1.807, 2.05) is 0 Å². The smallest absolute Gasteiger partial charge is 0.225 e. The van der Waals surface area contributed by atoms with E-state index in [1.165, 1.54) is 30.4 Å². The van der Waals surface area contributed by atoms with Gasteiger partial charge in [-0.05, 0) is 30.4 Å². The van der Waals surface area contributed by atoms with Crippen LogP contribution in [0.3, 0.4) is 0 Å². The fourth-order valence-corrected chi connectivity index (χ4v) is 5.04. The Morgan fingerprint density at radius 3 is 2.42 bits per heavy atom. The number of carbonyl (C=O) groups is 1. The van der Waals surface area contributed by atoms with Gasteiger partial charge in [0.25, 0.3) is 0 Å². The number of carbonyl (C=O) groups excluding carboxylic acids is 1. The van der Waals surface area contributed by atoms with Crippen LogP contribution < -0.4 is 10.6 Å². The molecular formula is C25H40IN5O2. The molecule has 1 saturated carbocycles. The van der Waals surface area contributed by atoms with E-state index in [-0.39, 0.29) is 35.9 Å². The Morgan fingerprint density at radius 1 is 1.03 bits per heavy atom. The summed E-state index contributed by atoms with van der Waals surface area (Å²) in [5.74, 6) is 1.43. The van der Waals surface area contributed by atoms with Crippen LogP contribution in [-0.4, -0.2) is 74.1 Å². The molecular weight excluding hydrogens is 529 g/mol. The molecule has 184 valence electrons. The van der Waals surface area contributed by atoms with Crippen LogP contribution in [0, 0.1) is 5.92 Å². The lowest BCUT2D eigenvalue weighted by Gasteiger charge is -2.26. The third-order valence-corrected chi connectivity index (χ3v) is 7.01. The number of ether oxygens (including phenoxy) is 1. The van der Waals surface area contributed by atoms with Crippen LogP contribution in [0.5, 0.6) is 0 Å². The lowest BCUT2D eigenvalue weighted by Crippen LogP contribution is -2.45. The SMILES string of the molecule is CN=C(NCc1ccc(CN2CCOCC2)cc1)NC1CCN(C(=O)C2CCCCC2)C1.I. The van der Waals surface area contributed by atoms with Gasteiger partial charge in [-0.2, -0.15) is 0 Å². The number of rotatable bonds is 6. The van der Waals surface area contributed by atoms with E-state index in [4.69, 9.17) is 4.74 Å². The highest BCUT2D eigenvalue weighted by atomic mass is 127. The summed E-state index contributed by atoms with van der Waals surface area (Å²) in [5.41, 5.74) is 2.58. The molecule has 0 bridgehead atoms. The number of amides is 1. The first-order valence-corrected chi connectivity index (χ1v) is 12.3. The zero-order valence-corrected chi connectivity index (χ0v) is 22.3. The van der Waals surface area contributed by atoms with Gasteiger partial charge in [0, 0.05) is 58.3 Å². The number of halogens is 1. The largest absolute Gasteiger partial charge is 0.379 e. The summed E-state index contributed by atoms with van der Waals surface area (Å²) in [7, 11) is 1.81. The van der Waals surface area contributed by atoms with Crippen molar-refractivity contribution in [1.82, 2.24) is 20.4 Å². The van der Waals surface area contributed by atoms with Gasteiger partial charge >= 0.3 is 0 Å². The molecule has 1 aromatic carbocycles. The first-order chi connectivity index (χ1) is 15.7. The number of benzene rings is 1. The lowest BCUT2D eigenvalue weighted by atomic mass is 9.88. The number of guanidine groups is 1. The van der Waals surface area contributed by atoms with Gasteiger partial charge in [0.05, 0.1) is 13.2 Å². The van der Waals surface area contributed by atoms with Crippen LogP contribution in [0.1, 0.15) is 49.7 Å². The maximum absolute atomic E-state index is 12.8. The van der Waals surface area contributed by atoms with Gasteiger partial charge in [-0.15, -0.1) is 24.0 Å². The highest BCUT2D eigenvalue weighted by Gasteiger charge is 2.31. The van der Waals surface area contributed by atoms with Crippen molar-refractivity contribution in [3.05, 3.63) is 35.4 Å². The highest BCUT2D eigenvalue weighted by molar-refractivity contribution is 14.0. The first kappa shape index (κ1) is 26.2. The molecule has 1 amide bonds. The highest BCUT2D eigenvalue weighted by Crippen LogP contribution is 2.26. The maximum atomic E-state index is 12.8. The Kier molecular flexibility index (Phi) is 10.7. The van der Waals surface area contributed by atoms with Crippen LogP contribution in [-0.2, 0) is 22.6 Å². The molecule has 7 nitrogen and oxygen atoms in total. The molecule has 0 radical (unpaired) electrons. The Balaban J connectivity index is 0.00000306. The van der Waals surface area contributed by atoms with Crippen molar-refractivity contribution in [2.75, 3.05) is 46.4 Å². The fourth-order valence-electron chi connectivity index (χ4n) is 5.04. The zero-order chi connectivity index (χ0) is 22.2. The number of hydrogen-bond donors (Lipinski definition) is 2. The van der Waals surface area contributed by atoms with Crippen molar-refractivity contribution in [3.63, 3.8) is 0 Å². The normalized spacial score (nSPS) is 22.6. The predicted molar refractivity (Wildman–Crippen MR) is 143 cm³/mol. The molecule has 2 N–H and O–H groups in total. The van der Waals surface area contributed by atoms with Crippen molar-refractivity contribution < 1.29 is 9.53 Å². The van der Waals surface area contributed by atoms with E-state index < -0.39 is 0 Å². The molecule has 1 aliphatic carbocycles. The van der Waals surface area contributed by atoms with Crippen LogP contribution >= 0.6 is 24.0 Å². The second kappa shape index (κ2) is 13.5. The van der Waals surface area contributed by atoms with E-state index in [9.17, 15) is 4.79 Å². The van der Waals surface area contributed by atoms with Crippen molar-refractivity contribution >= 4 is 35.8 Å². The number of aliphatic imine (C=N–C) groups is 1. The Morgan fingerprint density at radius 2 is 1.73 bits per heavy atom. The van der Waals surface area contributed by atoms with Gasteiger partial charge < -0.3 is 20.3 Å². The zero-order valence-electron chi connectivity index (χ0n) is 19.9. The van der Waals surface area contributed by atoms with Crippen LogP contribution in [0.4, 0.5) is 0 Å². The third kappa shape index (κ3) is 7.82. The minimum Gasteiger partial charge on any atom is -0.379 e. The molecule has 33 heavy (non-hydrogen) atoms. The van der Waals surface area contributed by atoms with E-state index >= 15 is 0 Å². The van der Waals surface area contributed by atoms with Crippen LogP contribution in [0.25, 0.3) is 0 Å². The summed E-state index contributed by atoms with van der Waals surface area (Å²) in [6, 6.07) is 9.08. The molecule has 0 spiro atoms. The van der Waals surface area contributed by atoms with E-state index in [0.29, 0.717) is 5.91 Å². The van der Waals surface area contributed by atoms with Gasteiger partial charge in [0.15, 0.2) is 5.96 Å². The topological polar surface area (TPSA) is 69.2 Å². The second-order valence-electron chi connectivity index (χ2n) is 9.38. The average Bonchev–Trinajstić information content (AvgIpc) is 3.32. The third-order valence-electron chi connectivity index (χ3n) is 7.01. The number of likely N-dealkylation sites (tertiary alicyclic amines) is 1. The van der Waals surface area contributed by atoms with Gasteiger partial charge in [0.1, 0.15) is 0 Å². The van der Waals surface area contributed by atoms with Crippen molar-refractivity contribution in [1.29, 1.82) is 0 Å². The number of nitrogens with zero attached hydrogens (tertiary/aromatic N) is 3. The van der Waals surface area contributed by atoms with E-state index in [0.717, 1.165) is 77.7 Å².